The van der Waals surface area contributed by atoms with Crippen LogP contribution in [0.2, 0.25) is 0 Å². The average molecular weight is 269 g/mol. The summed E-state index contributed by atoms with van der Waals surface area (Å²) in [5.41, 5.74) is 0. The van der Waals surface area contributed by atoms with E-state index in [1.165, 1.54) is 58.7 Å². The van der Waals surface area contributed by atoms with Gasteiger partial charge in [-0.25, -0.2) is 0 Å². The predicted molar refractivity (Wildman–Crippen MR) is 78.7 cm³/mol. The molecule has 2 atom stereocenters. The molecule has 0 aromatic carbocycles. The smallest absolute Gasteiger partial charge is 0.00923 e. The minimum Gasteiger partial charge on any atom is -0.306 e. The van der Waals surface area contributed by atoms with Crippen LogP contribution in [0.3, 0.4) is 0 Å². The number of piperidine rings is 1. The van der Waals surface area contributed by atoms with Gasteiger partial charge in [0.2, 0.25) is 0 Å². The topological polar surface area (TPSA) is 9.72 Å². The van der Waals surface area contributed by atoms with Crippen LogP contribution in [-0.2, 0) is 0 Å². The Kier molecular flexibility index (Phi) is 4.18. The maximum atomic E-state index is 2.77. The molecule has 0 aliphatic carbocycles. The third kappa shape index (κ3) is 2.87. The van der Waals surface area contributed by atoms with E-state index in [9.17, 15) is 0 Å². The van der Waals surface area contributed by atoms with Gasteiger partial charge < -0.3 is 9.80 Å². The Balaban J connectivity index is 1.43. The Morgan fingerprint density at radius 2 is 1.61 bits per heavy atom. The van der Waals surface area contributed by atoms with Crippen LogP contribution in [0.15, 0.2) is 0 Å². The molecule has 0 N–H and O–H groups in total. The average Bonchev–Trinajstić information content (AvgIpc) is 2.86. The van der Waals surface area contributed by atoms with E-state index in [4.69, 9.17) is 0 Å². The first kappa shape index (κ1) is 13.2. The highest BCUT2D eigenvalue weighted by atomic mass is 32.2. The summed E-state index contributed by atoms with van der Waals surface area (Å²) in [4.78, 5) is 5.28. The van der Waals surface area contributed by atoms with E-state index in [0.29, 0.717) is 0 Å². The van der Waals surface area contributed by atoms with Crippen molar-refractivity contribution in [3.8, 4) is 0 Å². The van der Waals surface area contributed by atoms with Crippen LogP contribution in [0.25, 0.3) is 0 Å². The van der Waals surface area contributed by atoms with Gasteiger partial charge in [-0.1, -0.05) is 11.9 Å². The molecule has 0 bridgehead atoms. The van der Waals surface area contributed by atoms with Crippen molar-refractivity contribution in [3.05, 3.63) is 0 Å². The Morgan fingerprint density at radius 3 is 2.17 bits per heavy atom. The summed E-state index contributed by atoms with van der Waals surface area (Å²) < 4.78 is 2.52. The van der Waals surface area contributed by atoms with Gasteiger partial charge in [0.25, 0.3) is 0 Å². The van der Waals surface area contributed by atoms with Crippen molar-refractivity contribution in [1.82, 2.24) is 14.1 Å². The van der Waals surface area contributed by atoms with E-state index < -0.39 is 0 Å². The monoisotopic (exact) mass is 269 g/mol. The van der Waals surface area contributed by atoms with Crippen LogP contribution in [0.5, 0.6) is 0 Å². The fraction of sp³-hybridized carbons (Fsp3) is 1.00. The maximum Gasteiger partial charge on any atom is 0.00923 e. The lowest BCUT2D eigenvalue weighted by molar-refractivity contribution is 0.196. The zero-order valence-electron chi connectivity index (χ0n) is 11.8. The number of fused-ring (bicyclic) bond motifs is 1. The molecule has 3 heterocycles. The Morgan fingerprint density at radius 1 is 1.00 bits per heavy atom. The van der Waals surface area contributed by atoms with Crippen LogP contribution in [0.1, 0.15) is 12.8 Å². The Hall–Kier alpha value is 0.230. The second-order valence-corrected chi connectivity index (χ2v) is 7.40. The van der Waals surface area contributed by atoms with E-state index >= 15 is 0 Å². The normalized spacial score (nSPS) is 36.3. The first-order chi connectivity index (χ1) is 8.74. The fourth-order valence-electron chi connectivity index (χ4n) is 4.11. The summed E-state index contributed by atoms with van der Waals surface area (Å²) in [5.74, 6) is 2.91. The summed E-state index contributed by atoms with van der Waals surface area (Å²) in [6.07, 6.45) is 5.03. The minimum absolute atomic E-state index is 0.963. The molecule has 3 fully saturated rings. The minimum atomic E-state index is 0.963. The van der Waals surface area contributed by atoms with Crippen LogP contribution in [0.4, 0.5) is 0 Å². The van der Waals surface area contributed by atoms with Crippen LogP contribution in [-0.4, -0.2) is 73.2 Å². The van der Waals surface area contributed by atoms with Gasteiger partial charge in [-0.15, -0.1) is 0 Å². The molecule has 3 aliphatic rings. The van der Waals surface area contributed by atoms with Crippen molar-refractivity contribution in [1.29, 1.82) is 0 Å². The molecule has 0 saturated carbocycles. The quantitative estimate of drug-likeness (QED) is 0.718. The maximum absolute atomic E-state index is 2.77. The van der Waals surface area contributed by atoms with Gasteiger partial charge in [-0.2, -0.15) is 0 Å². The summed E-state index contributed by atoms with van der Waals surface area (Å²) in [5, 5.41) is 0. The van der Waals surface area contributed by atoms with E-state index in [1.54, 1.807) is 0 Å². The molecule has 3 rings (SSSR count). The SMILES string of the molecule is CSN1CCC(CN2C[C@H]3CN(C)C[C@H]3C2)CC1. The Labute approximate surface area is 116 Å². The van der Waals surface area contributed by atoms with E-state index in [0.717, 1.165) is 17.8 Å². The number of likely N-dealkylation sites (tertiary alicyclic amines) is 2. The summed E-state index contributed by atoms with van der Waals surface area (Å²) in [6.45, 7) is 9.40. The lowest BCUT2D eigenvalue weighted by Gasteiger charge is -2.32. The first-order valence-electron chi connectivity index (χ1n) is 7.44. The molecule has 0 unspecified atom stereocenters. The third-order valence-electron chi connectivity index (χ3n) is 5.09. The highest BCUT2D eigenvalue weighted by Crippen LogP contribution is 2.31. The number of nitrogens with zero attached hydrogens (tertiary/aromatic N) is 3. The van der Waals surface area contributed by atoms with Crippen LogP contribution in [0, 0.1) is 17.8 Å². The Bertz CT molecular complexity index is 264. The molecular formula is C14H27N3S. The van der Waals surface area contributed by atoms with Gasteiger partial charge in [0, 0.05) is 45.8 Å². The van der Waals surface area contributed by atoms with Crippen molar-refractivity contribution in [2.45, 2.75) is 12.8 Å². The van der Waals surface area contributed by atoms with Crippen molar-refractivity contribution >= 4 is 11.9 Å². The molecule has 0 spiro atoms. The molecular weight excluding hydrogens is 242 g/mol. The van der Waals surface area contributed by atoms with Crippen molar-refractivity contribution in [3.63, 3.8) is 0 Å². The van der Waals surface area contributed by atoms with E-state index in [1.807, 2.05) is 11.9 Å². The van der Waals surface area contributed by atoms with Gasteiger partial charge in [-0.05, 0) is 43.9 Å². The molecule has 4 heteroatoms. The lowest BCUT2D eigenvalue weighted by Crippen LogP contribution is -2.36. The number of hydrogen-bond donors (Lipinski definition) is 0. The zero-order valence-corrected chi connectivity index (χ0v) is 12.7. The fourth-order valence-corrected chi connectivity index (χ4v) is 4.69. The molecule has 104 valence electrons. The zero-order chi connectivity index (χ0) is 12.5. The first-order valence-corrected chi connectivity index (χ1v) is 8.62. The van der Waals surface area contributed by atoms with Gasteiger partial charge in [-0.3, -0.25) is 4.31 Å². The van der Waals surface area contributed by atoms with Crippen molar-refractivity contribution in [2.24, 2.45) is 17.8 Å². The molecule has 18 heavy (non-hydrogen) atoms. The van der Waals surface area contributed by atoms with Gasteiger partial charge in [0.1, 0.15) is 0 Å². The van der Waals surface area contributed by atoms with Gasteiger partial charge in [0.05, 0.1) is 0 Å². The molecule has 3 nitrogen and oxygen atoms in total. The van der Waals surface area contributed by atoms with Crippen molar-refractivity contribution < 1.29 is 0 Å². The van der Waals surface area contributed by atoms with Crippen LogP contribution >= 0.6 is 11.9 Å². The van der Waals surface area contributed by atoms with Gasteiger partial charge in [0.15, 0.2) is 0 Å². The number of rotatable bonds is 3. The molecule has 3 aliphatic heterocycles. The third-order valence-corrected chi connectivity index (χ3v) is 5.97. The van der Waals surface area contributed by atoms with Crippen molar-refractivity contribution in [2.75, 3.05) is 59.1 Å². The summed E-state index contributed by atoms with van der Waals surface area (Å²) >= 11 is 1.92. The number of hydrogen-bond acceptors (Lipinski definition) is 4. The summed E-state index contributed by atoms with van der Waals surface area (Å²) in [7, 11) is 2.28. The largest absolute Gasteiger partial charge is 0.306 e. The molecule has 3 saturated heterocycles. The molecule has 0 radical (unpaired) electrons. The molecule has 0 aromatic heterocycles. The summed E-state index contributed by atoms with van der Waals surface area (Å²) in [6, 6.07) is 0. The standard InChI is InChI=1S/C14H27N3S/c1-15-8-13-10-16(11-14(13)9-15)7-12-3-5-17(18-2)6-4-12/h12-14H,3-11H2,1-2H3/t13-,14+. The predicted octanol–water partition coefficient (Wildman–Crippen LogP) is 1.47. The van der Waals surface area contributed by atoms with Gasteiger partial charge >= 0.3 is 0 Å². The van der Waals surface area contributed by atoms with E-state index in [-0.39, 0.29) is 0 Å². The molecule has 0 amide bonds. The van der Waals surface area contributed by atoms with Crippen LogP contribution < -0.4 is 0 Å². The lowest BCUT2D eigenvalue weighted by atomic mass is 9.97. The second-order valence-electron chi connectivity index (χ2n) is 6.51. The van der Waals surface area contributed by atoms with E-state index in [2.05, 4.69) is 27.4 Å². The highest BCUT2D eigenvalue weighted by molar-refractivity contribution is 7.96. The highest BCUT2D eigenvalue weighted by Gasteiger charge is 2.39. The second kappa shape index (κ2) is 5.70. The molecule has 0 aromatic rings.